The van der Waals surface area contributed by atoms with Crippen molar-refractivity contribution in [1.29, 1.82) is 0 Å². The van der Waals surface area contributed by atoms with Crippen molar-refractivity contribution in [3.05, 3.63) is 23.8 Å². The van der Waals surface area contributed by atoms with Gasteiger partial charge in [-0.25, -0.2) is 0 Å². The molecule has 7 heteroatoms. The number of rotatable bonds is 6. The quantitative estimate of drug-likeness (QED) is 0.799. The molecule has 0 heterocycles. The third kappa shape index (κ3) is 3.85. The van der Waals surface area contributed by atoms with Gasteiger partial charge in [-0.05, 0) is 18.2 Å². The Hall–Kier alpha value is -1.89. The van der Waals surface area contributed by atoms with Crippen LogP contribution in [0.5, 0.6) is 11.5 Å². The molecule has 0 radical (unpaired) electrons. The summed E-state index contributed by atoms with van der Waals surface area (Å²) in [5.74, 6) is -0.471. The molecule has 0 saturated carbocycles. The monoisotopic (exact) mass is 260 g/mol. The largest absolute Gasteiger partial charge is 0.493 e. The predicted molar refractivity (Wildman–Crippen MR) is 61.0 cm³/mol. The third-order valence-corrected chi connectivity index (χ3v) is 2.07. The van der Waals surface area contributed by atoms with Gasteiger partial charge in [-0.3, -0.25) is 4.79 Å². The first-order valence-electron chi connectivity index (χ1n) is 5.19. The molecule has 5 nitrogen and oxygen atoms in total. The van der Waals surface area contributed by atoms with E-state index in [0.29, 0.717) is 13.1 Å². The van der Waals surface area contributed by atoms with E-state index in [1.807, 2.05) is 0 Å². The van der Waals surface area contributed by atoms with Gasteiger partial charge in [0.05, 0.1) is 7.11 Å². The molecule has 0 unspecified atom stereocenters. The second-order valence-electron chi connectivity index (χ2n) is 3.29. The highest BCUT2D eigenvalue weighted by molar-refractivity contribution is 5.94. The highest BCUT2D eigenvalue weighted by atomic mass is 19.3. The number of benzene rings is 1. The highest BCUT2D eigenvalue weighted by Gasteiger charge is 2.14. The number of methoxy groups -OCH3 is 1. The molecule has 1 aromatic rings. The summed E-state index contributed by atoms with van der Waals surface area (Å²) in [7, 11) is 1.32. The topological polar surface area (TPSA) is 73.6 Å². The Labute approximate surface area is 103 Å². The molecule has 0 spiro atoms. The van der Waals surface area contributed by atoms with Crippen molar-refractivity contribution in [2.75, 3.05) is 20.2 Å². The summed E-state index contributed by atoms with van der Waals surface area (Å²) in [5.41, 5.74) is 5.43. The fourth-order valence-electron chi connectivity index (χ4n) is 1.29. The molecule has 3 N–H and O–H groups in total. The van der Waals surface area contributed by atoms with E-state index in [4.69, 9.17) is 10.5 Å². The van der Waals surface area contributed by atoms with Crippen molar-refractivity contribution in [1.82, 2.24) is 5.32 Å². The highest BCUT2D eigenvalue weighted by Crippen LogP contribution is 2.29. The zero-order chi connectivity index (χ0) is 13.5. The molecular weight excluding hydrogens is 246 g/mol. The Morgan fingerprint density at radius 3 is 2.72 bits per heavy atom. The van der Waals surface area contributed by atoms with Gasteiger partial charge in [-0.1, -0.05) is 0 Å². The molecule has 0 saturated heterocycles. The minimum absolute atomic E-state index is 0.130. The second-order valence-corrected chi connectivity index (χ2v) is 3.29. The molecule has 0 aliphatic carbocycles. The molecule has 0 aliphatic heterocycles. The zero-order valence-electron chi connectivity index (χ0n) is 9.78. The fourth-order valence-corrected chi connectivity index (χ4v) is 1.29. The summed E-state index contributed by atoms with van der Waals surface area (Å²) in [5, 5.41) is 2.52. The van der Waals surface area contributed by atoms with Gasteiger partial charge < -0.3 is 20.5 Å². The lowest BCUT2D eigenvalue weighted by Crippen LogP contribution is -2.29. The van der Waals surface area contributed by atoms with Crippen molar-refractivity contribution in [3.8, 4) is 11.5 Å². The lowest BCUT2D eigenvalue weighted by atomic mass is 10.2. The standard InChI is InChI=1S/C11H14F2N2O3/c1-17-8-3-2-7(10(16)15-5-4-14)6-9(8)18-11(12)13/h2-3,6,11H,4-5,14H2,1H3,(H,15,16). The number of halogens is 2. The zero-order valence-corrected chi connectivity index (χ0v) is 9.78. The number of hydrogen-bond donors (Lipinski definition) is 2. The van der Waals surface area contributed by atoms with Crippen LogP contribution in [-0.4, -0.2) is 32.7 Å². The molecule has 0 atom stereocenters. The van der Waals surface area contributed by atoms with E-state index < -0.39 is 12.5 Å². The van der Waals surface area contributed by atoms with Crippen LogP contribution in [-0.2, 0) is 0 Å². The summed E-state index contributed by atoms with van der Waals surface area (Å²) in [6.45, 7) is -2.39. The molecule has 100 valence electrons. The summed E-state index contributed by atoms with van der Waals surface area (Å²) >= 11 is 0. The van der Waals surface area contributed by atoms with Gasteiger partial charge in [0.15, 0.2) is 11.5 Å². The molecule has 1 aromatic carbocycles. The Morgan fingerprint density at radius 1 is 1.44 bits per heavy atom. The van der Waals surface area contributed by atoms with Gasteiger partial charge >= 0.3 is 6.61 Å². The number of carbonyl (C=O) groups is 1. The smallest absolute Gasteiger partial charge is 0.387 e. The van der Waals surface area contributed by atoms with Crippen LogP contribution in [0.3, 0.4) is 0 Å². The number of hydrogen-bond acceptors (Lipinski definition) is 4. The van der Waals surface area contributed by atoms with Crippen LogP contribution in [0.2, 0.25) is 0 Å². The van der Waals surface area contributed by atoms with Crippen LogP contribution in [0.15, 0.2) is 18.2 Å². The molecule has 18 heavy (non-hydrogen) atoms. The average molecular weight is 260 g/mol. The van der Waals surface area contributed by atoms with Gasteiger partial charge in [-0.2, -0.15) is 8.78 Å². The van der Waals surface area contributed by atoms with E-state index in [1.54, 1.807) is 0 Å². The first-order chi connectivity index (χ1) is 8.58. The van der Waals surface area contributed by atoms with E-state index in [-0.39, 0.29) is 17.1 Å². The Balaban J connectivity index is 2.91. The minimum atomic E-state index is -2.98. The first-order valence-corrected chi connectivity index (χ1v) is 5.19. The van der Waals surface area contributed by atoms with E-state index in [0.717, 1.165) is 0 Å². The van der Waals surface area contributed by atoms with Gasteiger partial charge in [0, 0.05) is 18.7 Å². The van der Waals surface area contributed by atoms with Crippen molar-refractivity contribution >= 4 is 5.91 Å². The number of ether oxygens (including phenoxy) is 2. The van der Waals surface area contributed by atoms with Crippen LogP contribution in [0, 0.1) is 0 Å². The number of alkyl halides is 2. The van der Waals surface area contributed by atoms with E-state index in [1.165, 1.54) is 25.3 Å². The Morgan fingerprint density at radius 2 is 2.17 bits per heavy atom. The number of nitrogens with two attached hydrogens (primary N) is 1. The Kier molecular flexibility index (Phi) is 5.31. The van der Waals surface area contributed by atoms with E-state index >= 15 is 0 Å². The van der Waals surface area contributed by atoms with Crippen molar-refractivity contribution in [2.24, 2.45) is 5.73 Å². The predicted octanol–water partition coefficient (Wildman–Crippen LogP) is 0.985. The van der Waals surface area contributed by atoms with Gasteiger partial charge in [-0.15, -0.1) is 0 Å². The Bertz CT molecular complexity index is 413. The summed E-state index contributed by atoms with van der Waals surface area (Å²) in [4.78, 5) is 11.6. The van der Waals surface area contributed by atoms with Crippen molar-refractivity contribution in [3.63, 3.8) is 0 Å². The van der Waals surface area contributed by atoms with Crippen LogP contribution >= 0.6 is 0 Å². The van der Waals surface area contributed by atoms with Crippen molar-refractivity contribution in [2.45, 2.75) is 6.61 Å². The molecule has 1 rings (SSSR count). The van der Waals surface area contributed by atoms with Crippen LogP contribution < -0.4 is 20.5 Å². The summed E-state index contributed by atoms with van der Waals surface area (Å²) in [6.07, 6.45) is 0. The average Bonchev–Trinajstić information content (AvgIpc) is 2.35. The minimum Gasteiger partial charge on any atom is -0.493 e. The molecule has 0 fully saturated rings. The normalized spacial score (nSPS) is 10.3. The third-order valence-electron chi connectivity index (χ3n) is 2.07. The van der Waals surface area contributed by atoms with E-state index in [9.17, 15) is 13.6 Å². The summed E-state index contributed by atoms with van der Waals surface area (Å²) < 4.78 is 33.5. The second kappa shape index (κ2) is 6.75. The molecule has 0 aliphatic rings. The number of carbonyl (C=O) groups excluding carboxylic acids is 1. The van der Waals surface area contributed by atoms with Gasteiger partial charge in [0.1, 0.15) is 0 Å². The first kappa shape index (κ1) is 14.2. The van der Waals surface area contributed by atoms with Crippen LogP contribution in [0.4, 0.5) is 8.78 Å². The van der Waals surface area contributed by atoms with Crippen LogP contribution in [0.1, 0.15) is 10.4 Å². The van der Waals surface area contributed by atoms with Crippen molar-refractivity contribution < 1.29 is 23.0 Å². The summed E-state index contributed by atoms with van der Waals surface area (Å²) in [6, 6.07) is 4.02. The number of amides is 1. The molecule has 0 aromatic heterocycles. The lowest BCUT2D eigenvalue weighted by Gasteiger charge is -2.11. The molecular formula is C11H14F2N2O3. The maximum Gasteiger partial charge on any atom is 0.387 e. The molecule has 0 bridgehead atoms. The fraction of sp³-hybridized carbons (Fsp3) is 0.364. The molecule has 1 amide bonds. The van der Waals surface area contributed by atoms with Gasteiger partial charge in [0.2, 0.25) is 0 Å². The van der Waals surface area contributed by atoms with Gasteiger partial charge in [0.25, 0.3) is 5.91 Å². The van der Waals surface area contributed by atoms with Crippen LogP contribution in [0.25, 0.3) is 0 Å². The lowest BCUT2D eigenvalue weighted by molar-refractivity contribution is -0.0512. The van der Waals surface area contributed by atoms with E-state index in [2.05, 4.69) is 10.1 Å². The maximum atomic E-state index is 12.2. The number of nitrogens with one attached hydrogen (secondary N) is 1. The SMILES string of the molecule is COc1ccc(C(=O)NCCN)cc1OC(F)F. The maximum absolute atomic E-state index is 12.2.